The van der Waals surface area contributed by atoms with Crippen molar-refractivity contribution < 1.29 is 13.2 Å². The zero-order valence-electron chi connectivity index (χ0n) is 11.6. The van der Waals surface area contributed by atoms with Crippen LogP contribution in [0.15, 0.2) is 27.6 Å². The van der Waals surface area contributed by atoms with Gasteiger partial charge in [0.1, 0.15) is 0 Å². The van der Waals surface area contributed by atoms with Gasteiger partial charge in [0.05, 0.1) is 10.5 Å². The van der Waals surface area contributed by atoms with Crippen LogP contribution in [0.25, 0.3) is 0 Å². The molecular formula is C14H17BrClNO3S. The first-order chi connectivity index (χ1) is 9.81. The third-order valence-electron chi connectivity index (χ3n) is 3.61. The molecule has 1 saturated carbocycles. The molecule has 1 aliphatic carbocycles. The maximum absolute atomic E-state index is 12.3. The Kier molecular flexibility index (Phi) is 5.33. The van der Waals surface area contributed by atoms with Gasteiger partial charge in [-0.3, -0.25) is 4.79 Å². The van der Waals surface area contributed by atoms with Crippen LogP contribution in [0.2, 0.25) is 0 Å². The topological polar surface area (TPSA) is 63.2 Å². The van der Waals surface area contributed by atoms with Crippen molar-refractivity contribution in [1.82, 2.24) is 5.32 Å². The van der Waals surface area contributed by atoms with Gasteiger partial charge in [-0.05, 0) is 52.9 Å². The molecule has 4 nitrogen and oxygen atoms in total. The summed E-state index contributed by atoms with van der Waals surface area (Å²) in [5.41, 5.74) is 0.283. The van der Waals surface area contributed by atoms with Crippen LogP contribution in [0.3, 0.4) is 0 Å². The Labute approximate surface area is 137 Å². The second-order valence-electron chi connectivity index (χ2n) is 5.34. The molecule has 0 radical (unpaired) electrons. The Morgan fingerprint density at radius 2 is 2.14 bits per heavy atom. The lowest BCUT2D eigenvalue weighted by Crippen LogP contribution is -2.35. The molecule has 1 aromatic carbocycles. The van der Waals surface area contributed by atoms with E-state index in [-0.39, 0.29) is 22.4 Å². The lowest BCUT2D eigenvalue weighted by molar-refractivity contribution is 0.0931. The normalized spacial score (nSPS) is 16.5. The summed E-state index contributed by atoms with van der Waals surface area (Å²) in [7, 11) is 1.48. The molecule has 0 spiro atoms. The summed E-state index contributed by atoms with van der Waals surface area (Å²) in [6, 6.07) is 4.30. The average molecular weight is 395 g/mol. The van der Waals surface area contributed by atoms with Gasteiger partial charge >= 0.3 is 0 Å². The van der Waals surface area contributed by atoms with E-state index in [4.69, 9.17) is 10.7 Å². The Morgan fingerprint density at radius 1 is 1.48 bits per heavy atom. The van der Waals surface area contributed by atoms with Gasteiger partial charge in [-0.15, -0.1) is 0 Å². The smallest absolute Gasteiger partial charge is 0.261 e. The predicted octanol–water partition coefficient (Wildman–Crippen LogP) is 3.69. The first-order valence-electron chi connectivity index (χ1n) is 6.86. The average Bonchev–Trinajstić information content (AvgIpc) is 3.20. The van der Waals surface area contributed by atoms with Crippen molar-refractivity contribution in [2.24, 2.45) is 5.92 Å². The van der Waals surface area contributed by atoms with Crippen molar-refractivity contribution in [3.63, 3.8) is 0 Å². The Bertz CT molecular complexity index is 644. The van der Waals surface area contributed by atoms with E-state index in [2.05, 4.69) is 21.2 Å². The Balaban J connectivity index is 2.17. The second kappa shape index (κ2) is 6.67. The predicted molar refractivity (Wildman–Crippen MR) is 86.1 cm³/mol. The largest absolute Gasteiger partial charge is 0.349 e. The van der Waals surface area contributed by atoms with Gasteiger partial charge in [0.15, 0.2) is 0 Å². The minimum absolute atomic E-state index is 0.0761. The summed E-state index contributed by atoms with van der Waals surface area (Å²) < 4.78 is 23.3. The van der Waals surface area contributed by atoms with Crippen LogP contribution in [0.1, 0.15) is 43.0 Å². The SMILES string of the molecule is CCC(CC1CC1)NC(=O)c1cc(S(=O)(=O)Cl)ccc1Br. The van der Waals surface area contributed by atoms with E-state index >= 15 is 0 Å². The van der Waals surface area contributed by atoms with Gasteiger partial charge in [0.2, 0.25) is 0 Å². The van der Waals surface area contributed by atoms with Crippen LogP contribution in [0.5, 0.6) is 0 Å². The van der Waals surface area contributed by atoms with Crippen LogP contribution in [0.4, 0.5) is 0 Å². The van der Waals surface area contributed by atoms with Crippen molar-refractivity contribution in [1.29, 1.82) is 0 Å². The summed E-state index contributed by atoms with van der Waals surface area (Å²) in [6.45, 7) is 2.03. The molecule has 1 N–H and O–H groups in total. The fraction of sp³-hybridized carbons (Fsp3) is 0.500. The number of hydrogen-bond acceptors (Lipinski definition) is 3. The number of carbonyl (C=O) groups excluding carboxylic acids is 1. The molecule has 0 aliphatic heterocycles. The fourth-order valence-corrected chi connectivity index (χ4v) is 3.38. The van der Waals surface area contributed by atoms with Gasteiger partial charge in [-0.2, -0.15) is 0 Å². The number of amides is 1. The molecule has 116 valence electrons. The van der Waals surface area contributed by atoms with Gasteiger partial charge in [-0.25, -0.2) is 8.42 Å². The van der Waals surface area contributed by atoms with E-state index in [1.807, 2.05) is 6.92 Å². The van der Waals surface area contributed by atoms with Crippen LogP contribution in [-0.2, 0) is 9.05 Å². The molecule has 1 aliphatic rings. The monoisotopic (exact) mass is 393 g/mol. The third kappa shape index (κ3) is 4.69. The number of halogens is 2. The summed E-state index contributed by atoms with van der Waals surface area (Å²) in [6.07, 6.45) is 4.30. The van der Waals surface area contributed by atoms with Crippen LogP contribution < -0.4 is 5.32 Å². The van der Waals surface area contributed by atoms with Crippen molar-refractivity contribution in [3.8, 4) is 0 Å². The molecule has 0 saturated heterocycles. The Morgan fingerprint density at radius 3 is 2.67 bits per heavy atom. The van der Waals surface area contributed by atoms with Gasteiger partial charge < -0.3 is 5.32 Å². The molecule has 1 aromatic rings. The summed E-state index contributed by atoms with van der Waals surface area (Å²) >= 11 is 3.27. The third-order valence-corrected chi connectivity index (χ3v) is 5.65. The molecule has 0 bridgehead atoms. The molecule has 1 amide bonds. The zero-order valence-corrected chi connectivity index (χ0v) is 14.8. The lowest BCUT2D eigenvalue weighted by Gasteiger charge is -2.17. The number of nitrogens with one attached hydrogen (secondary N) is 1. The molecule has 0 heterocycles. The first-order valence-corrected chi connectivity index (χ1v) is 9.96. The minimum atomic E-state index is -3.85. The van der Waals surface area contributed by atoms with E-state index in [0.717, 1.165) is 12.8 Å². The van der Waals surface area contributed by atoms with Gasteiger partial charge in [0.25, 0.3) is 15.0 Å². The molecule has 0 aromatic heterocycles. The number of benzene rings is 1. The van der Waals surface area contributed by atoms with Crippen LogP contribution >= 0.6 is 26.6 Å². The highest BCUT2D eigenvalue weighted by Crippen LogP contribution is 2.34. The second-order valence-corrected chi connectivity index (χ2v) is 8.76. The van der Waals surface area contributed by atoms with Crippen molar-refractivity contribution in [2.45, 2.75) is 43.5 Å². The highest BCUT2D eigenvalue weighted by atomic mass is 79.9. The maximum Gasteiger partial charge on any atom is 0.261 e. The van der Waals surface area contributed by atoms with E-state index in [1.54, 1.807) is 0 Å². The van der Waals surface area contributed by atoms with E-state index in [0.29, 0.717) is 10.4 Å². The molecular weight excluding hydrogens is 378 g/mol. The quantitative estimate of drug-likeness (QED) is 0.749. The summed E-state index contributed by atoms with van der Waals surface area (Å²) in [4.78, 5) is 12.3. The number of carbonyl (C=O) groups is 1. The molecule has 1 atom stereocenters. The molecule has 7 heteroatoms. The Hall–Kier alpha value is -0.590. The first kappa shape index (κ1) is 16.8. The minimum Gasteiger partial charge on any atom is -0.349 e. The lowest BCUT2D eigenvalue weighted by atomic mass is 10.1. The summed E-state index contributed by atoms with van der Waals surface area (Å²) in [5, 5.41) is 2.97. The number of hydrogen-bond donors (Lipinski definition) is 1. The molecule has 2 rings (SSSR count). The van der Waals surface area contributed by atoms with Gasteiger partial charge in [-0.1, -0.05) is 19.8 Å². The van der Waals surface area contributed by atoms with Crippen molar-refractivity contribution >= 4 is 41.6 Å². The van der Waals surface area contributed by atoms with Crippen molar-refractivity contribution in [2.75, 3.05) is 0 Å². The molecule has 1 unspecified atom stereocenters. The fourth-order valence-electron chi connectivity index (χ4n) is 2.18. The van der Waals surface area contributed by atoms with E-state index < -0.39 is 9.05 Å². The van der Waals surface area contributed by atoms with Gasteiger partial charge in [0, 0.05) is 21.2 Å². The van der Waals surface area contributed by atoms with E-state index in [1.165, 1.54) is 31.0 Å². The maximum atomic E-state index is 12.3. The van der Waals surface area contributed by atoms with Crippen LogP contribution in [-0.4, -0.2) is 20.4 Å². The molecule has 21 heavy (non-hydrogen) atoms. The highest BCUT2D eigenvalue weighted by Gasteiger charge is 2.26. The number of rotatable bonds is 6. The molecule has 1 fully saturated rings. The highest BCUT2D eigenvalue weighted by molar-refractivity contribution is 9.10. The summed E-state index contributed by atoms with van der Waals surface area (Å²) in [5.74, 6) is 0.435. The zero-order chi connectivity index (χ0) is 15.6. The standard InChI is InChI=1S/C14H17BrClNO3S/c1-2-10(7-9-3-4-9)17-14(18)12-8-11(21(16,19)20)5-6-13(12)15/h5-6,8-10H,2-4,7H2,1H3,(H,17,18). The van der Waals surface area contributed by atoms with E-state index in [9.17, 15) is 13.2 Å². The van der Waals surface area contributed by atoms with Crippen LogP contribution in [0, 0.1) is 5.92 Å². The van der Waals surface area contributed by atoms with Crippen molar-refractivity contribution in [3.05, 3.63) is 28.2 Å².